The summed E-state index contributed by atoms with van der Waals surface area (Å²) in [6.45, 7) is 2.66. The van der Waals surface area contributed by atoms with Gasteiger partial charge in [-0.2, -0.15) is 0 Å². The maximum absolute atomic E-state index is 12.4. The number of hydrogen-bond donors (Lipinski definition) is 1. The summed E-state index contributed by atoms with van der Waals surface area (Å²) < 4.78 is 5.26. The fourth-order valence-electron chi connectivity index (χ4n) is 4.09. The van der Waals surface area contributed by atoms with Crippen LogP contribution in [0.1, 0.15) is 32.1 Å². The van der Waals surface area contributed by atoms with E-state index in [2.05, 4.69) is 0 Å². The second kappa shape index (κ2) is 6.32. The van der Waals surface area contributed by atoms with Gasteiger partial charge in [0, 0.05) is 19.1 Å². The lowest BCUT2D eigenvalue weighted by molar-refractivity contribution is -0.145. The molecule has 1 aliphatic carbocycles. The molecule has 6 nitrogen and oxygen atoms in total. The molecule has 0 aromatic heterocycles. The summed E-state index contributed by atoms with van der Waals surface area (Å²) in [4.78, 5) is 27.7. The molecule has 3 rings (SSSR count). The van der Waals surface area contributed by atoms with Crippen molar-refractivity contribution in [3.05, 3.63) is 0 Å². The van der Waals surface area contributed by atoms with Crippen LogP contribution in [-0.4, -0.2) is 71.7 Å². The highest BCUT2D eigenvalue weighted by Crippen LogP contribution is 2.39. The molecule has 1 saturated carbocycles. The third-order valence-corrected chi connectivity index (χ3v) is 5.19. The van der Waals surface area contributed by atoms with Crippen molar-refractivity contribution in [2.75, 3.05) is 32.8 Å². The summed E-state index contributed by atoms with van der Waals surface area (Å²) in [7, 11) is 0. The van der Waals surface area contributed by atoms with Crippen LogP contribution in [0.4, 0.5) is 0 Å². The largest absolute Gasteiger partial charge is 0.480 e. The molecule has 2 heterocycles. The first-order valence-corrected chi connectivity index (χ1v) is 8.01. The van der Waals surface area contributed by atoms with Crippen molar-refractivity contribution >= 4 is 11.9 Å². The number of carboxylic acid groups (broad SMARTS) is 1. The maximum Gasteiger partial charge on any atom is 0.320 e. The Morgan fingerprint density at radius 3 is 2.57 bits per heavy atom. The fourth-order valence-corrected chi connectivity index (χ4v) is 4.09. The van der Waals surface area contributed by atoms with Gasteiger partial charge >= 0.3 is 5.97 Å². The van der Waals surface area contributed by atoms with Gasteiger partial charge in [0.25, 0.3) is 0 Å². The highest BCUT2D eigenvalue weighted by atomic mass is 16.5. The number of nitrogens with zero attached hydrogens (tertiary/aromatic N) is 2. The van der Waals surface area contributed by atoms with Gasteiger partial charge in [-0.1, -0.05) is 12.8 Å². The summed E-state index contributed by atoms with van der Waals surface area (Å²) >= 11 is 0. The van der Waals surface area contributed by atoms with Crippen LogP contribution in [-0.2, 0) is 14.3 Å². The third-order valence-electron chi connectivity index (χ3n) is 5.19. The van der Waals surface area contributed by atoms with Crippen molar-refractivity contribution in [3.8, 4) is 0 Å². The minimum absolute atomic E-state index is 0.0516. The van der Waals surface area contributed by atoms with E-state index in [1.807, 2.05) is 4.90 Å². The van der Waals surface area contributed by atoms with Crippen molar-refractivity contribution in [1.29, 1.82) is 0 Å². The number of hydrogen-bond acceptors (Lipinski definition) is 4. The first kappa shape index (κ1) is 14.8. The van der Waals surface area contributed by atoms with E-state index in [9.17, 15) is 14.7 Å². The number of aliphatic carboxylic acids is 1. The van der Waals surface area contributed by atoms with E-state index >= 15 is 0 Å². The molecule has 2 aliphatic heterocycles. The second-order valence-corrected chi connectivity index (χ2v) is 6.37. The third kappa shape index (κ3) is 3.06. The van der Waals surface area contributed by atoms with Crippen LogP contribution in [0.3, 0.4) is 0 Å². The first-order chi connectivity index (χ1) is 10.2. The molecule has 118 valence electrons. The number of ether oxygens (including phenoxy) is 1. The van der Waals surface area contributed by atoms with Crippen molar-refractivity contribution in [2.24, 2.45) is 5.92 Å². The van der Waals surface area contributed by atoms with Crippen LogP contribution >= 0.6 is 0 Å². The number of likely N-dealkylation sites (tertiary alicyclic amines) is 1. The van der Waals surface area contributed by atoms with Gasteiger partial charge in [-0.15, -0.1) is 0 Å². The van der Waals surface area contributed by atoms with Crippen molar-refractivity contribution in [3.63, 3.8) is 0 Å². The molecule has 3 unspecified atom stereocenters. The maximum atomic E-state index is 12.4. The lowest BCUT2D eigenvalue weighted by atomic mass is 9.85. The number of carbonyl (C=O) groups excluding carboxylic acids is 1. The molecular formula is C15H24N2O4. The fraction of sp³-hybridized carbons (Fsp3) is 0.867. The van der Waals surface area contributed by atoms with E-state index in [0.29, 0.717) is 38.6 Å². The Kier molecular flexibility index (Phi) is 4.45. The van der Waals surface area contributed by atoms with Gasteiger partial charge in [0.2, 0.25) is 5.91 Å². The normalized spacial score (nSPS) is 33.7. The minimum atomic E-state index is -0.779. The van der Waals surface area contributed by atoms with Gasteiger partial charge in [-0.05, 0) is 25.2 Å². The van der Waals surface area contributed by atoms with Crippen molar-refractivity contribution < 1.29 is 19.4 Å². The van der Waals surface area contributed by atoms with Crippen LogP contribution in [0.2, 0.25) is 0 Å². The molecule has 0 radical (unpaired) electrons. The molecule has 0 aromatic rings. The average molecular weight is 296 g/mol. The van der Waals surface area contributed by atoms with Gasteiger partial charge in [0.15, 0.2) is 0 Å². The van der Waals surface area contributed by atoms with Gasteiger partial charge in [0.1, 0.15) is 6.04 Å². The van der Waals surface area contributed by atoms with Crippen molar-refractivity contribution in [1.82, 2.24) is 9.80 Å². The molecule has 21 heavy (non-hydrogen) atoms. The number of fused-ring (bicyclic) bond motifs is 1. The topological polar surface area (TPSA) is 70.1 Å². The number of morpholine rings is 1. The van der Waals surface area contributed by atoms with Gasteiger partial charge < -0.3 is 14.7 Å². The van der Waals surface area contributed by atoms with E-state index in [-0.39, 0.29) is 18.5 Å². The number of carboxylic acids is 1. The Hall–Kier alpha value is -1.14. The monoisotopic (exact) mass is 296 g/mol. The molecule has 0 spiro atoms. The highest BCUT2D eigenvalue weighted by molar-refractivity contribution is 5.80. The molecule has 0 bridgehead atoms. The summed E-state index contributed by atoms with van der Waals surface area (Å²) in [5.41, 5.74) is 0. The molecular weight excluding hydrogens is 272 g/mol. The molecule has 3 atom stereocenters. The number of carbonyl (C=O) groups is 2. The summed E-state index contributed by atoms with van der Waals surface area (Å²) in [5.74, 6) is -0.271. The quantitative estimate of drug-likeness (QED) is 0.824. The molecule has 3 fully saturated rings. The zero-order valence-corrected chi connectivity index (χ0v) is 12.4. The molecule has 1 amide bonds. The van der Waals surface area contributed by atoms with E-state index in [0.717, 1.165) is 19.3 Å². The Balaban J connectivity index is 1.68. The lowest BCUT2D eigenvalue weighted by Gasteiger charge is -2.34. The average Bonchev–Trinajstić information content (AvgIpc) is 2.87. The minimum Gasteiger partial charge on any atom is -0.480 e. The van der Waals surface area contributed by atoms with E-state index in [1.165, 1.54) is 6.42 Å². The molecule has 2 saturated heterocycles. The smallest absolute Gasteiger partial charge is 0.320 e. The van der Waals surface area contributed by atoms with Crippen LogP contribution in [0, 0.1) is 5.92 Å². The van der Waals surface area contributed by atoms with Crippen molar-refractivity contribution in [2.45, 2.75) is 44.2 Å². The van der Waals surface area contributed by atoms with E-state index in [4.69, 9.17) is 4.74 Å². The summed E-state index contributed by atoms with van der Waals surface area (Å²) in [6.07, 6.45) is 5.19. The van der Waals surface area contributed by atoms with E-state index in [1.54, 1.807) is 4.90 Å². The lowest BCUT2D eigenvalue weighted by Crippen LogP contribution is -2.50. The van der Waals surface area contributed by atoms with Gasteiger partial charge in [-0.3, -0.25) is 14.5 Å². The predicted molar refractivity (Wildman–Crippen MR) is 75.9 cm³/mol. The first-order valence-electron chi connectivity index (χ1n) is 8.01. The molecule has 0 aromatic carbocycles. The molecule has 3 aliphatic rings. The SMILES string of the molecule is O=C(O)C1CC2CCCCC2N1CC(=O)N1CCOCC1. The standard InChI is InChI=1S/C15H24N2O4/c18-14(16-5-7-21-8-6-16)10-17-12-4-2-1-3-11(12)9-13(17)15(19)20/h11-13H,1-10H2,(H,19,20). The second-order valence-electron chi connectivity index (χ2n) is 6.37. The van der Waals surface area contributed by atoms with E-state index < -0.39 is 12.0 Å². The molecule has 1 N–H and O–H groups in total. The Morgan fingerprint density at radius 2 is 1.86 bits per heavy atom. The summed E-state index contributed by atoms with van der Waals surface area (Å²) in [6, 6.07) is -0.201. The Labute approximate surface area is 125 Å². The van der Waals surface area contributed by atoms with Gasteiger partial charge in [0.05, 0.1) is 19.8 Å². The summed E-state index contributed by atoms with van der Waals surface area (Å²) in [5, 5.41) is 9.47. The Bertz CT molecular complexity index is 408. The predicted octanol–water partition coefficient (Wildman–Crippen LogP) is 0.563. The van der Waals surface area contributed by atoms with Crippen LogP contribution in [0.25, 0.3) is 0 Å². The van der Waals surface area contributed by atoms with Crippen LogP contribution in [0.15, 0.2) is 0 Å². The van der Waals surface area contributed by atoms with Crippen LogP contribution < -0.4 is 0 Å². The number of rotatable bonds is 3. The number of amides is 1. The van der Waals surface area contributed by atoms with Crippen LogP contribution in [0.5, 0.6) is 0 Å². The zero-order valence-electron chi connectivity index (χ0n) is 12.4. The Morgan fingerprint density at radius 1 is 1.14 bits per heavy atom. The van der Waals surface area contributed by atoms with Gasteiger partial charge in [-0.25, -0.2) is 0 Å². The highest BCUT2D eigenvalue weighted by Gasteiger charge is 2.46. The zero-order chi connectivity index (χ0) is 14.8. The molecule has 6 heteroatoms.